The Morgan fingerprint density at radius 1 is 1.24 bits per heavy atom. The highest BCUT2D eigenvalue weighted by atomic mass is 16.3. The minimum absolute atomic E-state index is 0.0849. The molecule has 0 aromatic carbocycles. The van der Waals surface area contributed by atoms with Gasteiger partial charge in [0.05, 0.1) is 31.3 Å². The second-order valence-electron chi connectivity index (χ2n) is 3.91. The molecule has 1 rings (SSSR count). The van der Waals surface area contributed by atoms with Crippen LogP contribution in [0.4, 0.5) is 5.82 Å². The zero-order valence-corrected chi connectivity index (χ0v) is 10.5. The van der Waals surface area contributed by atoms with Crippen LogP contribution in [0.2, 0.25) is 0 Å². The summed E-state index contributed by atoms with van der Waals surface area (Å²) in [4.78, 5) is 10.4. The van der Waals surface area contributed by atoms with E-state index >= 15 is 0 Å². The number of aliphatic hydroxyl groups is 2. The molecule has 1 aromatic rings. The second kappa shape index (κ2) is 7.19. The maximum Gasteiger partial charge on any atom is 0.147 e. The Morgan fingerprint density at radius 2 is 1.94 bits per heavy atom. The maximum atomic E-state index is 9.13. The summed E-state index contributed by atoms with van der Waals surface area (Å²) in [7, 11) is 0. The first-order valence-corrected chi connectivity index (χ1v) is 6.06. The molecule has 1 heterocycles. The molecule has 0 atom stereocenters. The zero-order valence-electron chi connectivity index (χ0n) is 10.5. The summed E-state index contributed by atoms with van der Waals surface area (Å²) in [5, 5.41) is 18.2. The number of hydrogen-bond acceptors (Lipinski definition) is 5. The highest BCUT2D eigenvalue weighted by Gasteiger charge is 2.16. The molecule has 0 aliphatic rings. The lowest BCUT2D eigenvalue weighted by molar-refractivity contribution is 0.275. The predicted molar refractivity (Wildman–Crippen MR) is 66.8 cm³/mol. The van der Waals surface area contributed by atoms with Gasteiger partial charge in [-0.05, 0) is 12.8 Å². The van der Waals surface area contributed by atoms with Crippen molar-refractivity contribution in [2.45, 2.75) is 39.3 Å². The normalized spacial score (nSPS) is 10.9. The summed E-state index contributed by atoms with van der Waals surface area (Å²) in [6.07, 6.45) is 5.20. The van der Waals surface area contributed by atoms with E-state index in [2.05, 4.69) is 23.8 Å². The summed E-state index contributed by atoms with van der Waals surface area (Å²) in [6.45, 7) is 4.73. The van der Waals surface area contributed by atoms with Crippen molar-refractivity contribution in [2.24, 2.45) is 0 Å². The maximum absolute atomic E-state index is 9.13. The van der Waals surface area contributed by atoms with Crippen LogP contribution in [0.25, 0.3) is 0 Å². The van der Waals surface area contributed by atoms with Gasteiger partial charge in [-0.1, -0.05) is 13.8 Å². The van der Waals surface area contributed by atoms with Gasteiger partial charge in [-0.15, -0.1) is 0 Å². The van der Waals surface area contributed by atoms with Gasteiger partial charge in [0.2, 0.25) is 0 Å². The van der Waals surface area contributed by atoms with Gasteiger partial charge in [0, 0.05) is 12.6 Å². The summed E-state index contributed by atoms with van der Waals surface area (Å²) >= 11 is 0. The SMILES string of the molecule is CCC(CC)N(CCO)c1cncc(CO)n1. The van der Waals surface area contributed by atoms with Crippen molar-refractivity contribution in [1.82, 2.24) is 9.97 Å². The number of rotatable bonds is 7. The minimum Gasteiger partial charge on any atom is -0.395 e. The third-order valence-corrected chi connectivity index (χ3v) is 2.85. The lowest BCUT2D eigenvalue weighted by Gasteiger charge is -2.30. The highest BCUT2D eigenvalue weighted by molar-refractivity contribution is 5.37. The number of aromatic nitrogens is 2. The minimum atomic E-state index is -0.114. The van der Waals surface area contributed by atoms with Crippen LogP contribution in [0.15, 0.2) is 12.4 Å². The third kappa shape index (κ3) is 3.64. The number of aliphatic hydroxyl groups excluding tert-OH is 2. The van der Waals surface area contributed by atoms with E-state index in [1.54, 1.807) is 12.4 Å². The van der Waals surface area contributed by atoms with Gasteiger partial charge in [-0.2, -0.15) is 0 Å². The molecular formula is C12H21N3O2. The molecule has 17 heavy (non-hydrogen) atoms. The molecule has 2 N–H and O–H groups in total. The molecule has 0 fully saturated rings. The fourth-order valence-electron chi connectivity index (χ4n) is 1.93. The fraction of sp³-hybridized carbons (Fsp3) is 0.667. The van der Waals surface area contributed by atoms with Crippen LogP contribution in [-0.4, -0.2) is 39.4 Å². The van der Waals surface area contributed by atoms with Gasteiger partial charge in [0.15, 0.2) is 0 Å². The van der Waals surface area contributed by atoms with Crippen LogP contribution in [0.5, 0.6) is 0 Å². The van der Waals surface area contributed by atoms with Gasteiger partial charge in [0.1, 0.15) is 5.82 Å². The van der Waals surface area contributed by atoms with Crippen LogP contribution in [0.3, 0.4) is 0 Å². The van der Waals surface area contributed by atoms with Crippen molar-refractivity contribution < 1.29 is 10.2 Å². The average Bonchev–Trinajstić information content (AvgIpc) is 2.39. The van der Waals surface area contributed by atoms with Gasteiger partial charge in [0.25, 0.3) is 0 Å². The molecule has 0 spiro atoms. The van der Waals surface area contributed by atoms with Gasteiger partial charge >= 0.3 is 0 Å². The van der Waals surface area contributed by atoms with E-state index in [1.807, 2.05) is 4.90 Å². The molecule has 0 unspecified atom stereocenters. The summed E-state index contributed by atoms with van der Waals surface area (Å²) in [5.74, 6) is 0.722. The van der Waals surface area contributed by atoms with Crippen molar-refractivity contribution in [1.29, 1.82) is 0 Å². The summed E-state index contributed by atoms with van der Waals surface area (Å²) in [6, 6.07) is 0.338. The Balaban J connectivity index is 2.94. The first kappa shape index (κ1) is 13.9. The standard InChI is InChI=1S/C12H21N3O2/c1-3-11(4-2)15(5-6-16)12-8-13-7-10(9-17)14-12/h7-8,11,16-17H,3-6,9H2,1-2H3. The van der Waals surface area contributed by atoms with E-state index in [4.69, 9.17) is 10.2 Å². The first-order valence-electron chi connectivity index (χ1n) is 6.06. The van der Waals surface area contributed by atoms with Crippen molar-refractivity contribution in [3.8, 4) is 0 Å². The smallest absolute Gasteiger partial charge is 0.147 e. The number of hydrogen-bond donors (Lipinski definition) is 2. The molecule has 0 aliphatic heterocycles. The van der Waals surface area contributed by atoms with Crippen LogP contribution in [-0.2, 0) is 6.61 Å². The number of nitrogens with zero attached hydrogens (tertiary/aromatic N) is 3. The lowest BCUT2D eigenvalue weighted by atomic mass is 10.1. The van der Waals surface area contributed by atoms with Gasteiger partial charge < -0.3 is 15.1 Å². The monoisotopic (exact) mass is 239 g/mol. The van der Waals surface area contributed by atoms with Crippen LogP contribution >= 0.6 is 0 Å². The van der Waals surface area contributed by atoms with Crippen LogP contribution in [0.1, 0.15) is 32.4 Å². The molecule has 0 radical (unpaired) electrons. The molecule has 0 amide bonds. The van der Waals surface area contributed by atoms with Crippen molar-refractivity contribution in [3.63, 3.8) is 0 Å². The van der Waals surface area contributed by atoms with Gasteiger partial charge in [-0.3, -0.25) is 4.98 Å². The average molecular weight is 239 g/mol. The Bertz CT molecular complexity index is 329. The number of anilines is 1. The van der Waals surface area contributed by atoms with Gasteiger partial charge in [-0.25, -0.2) is 4.98 Å². The first-order chi connectivity index (χ1) is 8.26. The zero-order chi connectivity index (χ0) is 12.7. The highest BCUT2D eigenvalue weighted by Crippen LogP contribution is 2.17. The van der Waals surface area contributed by atoms with Crippen molar-refractivity contribution in [2.75, 3.05) is 18.1 Å². The summed E-state index contributed by atoms with van der Waals surface area (Å²) in [5.41, 5.74) is 0.552. The Kier molecular flexibility index (Phi) is 5.86. The van der Waals surface area contributed by atoms with E-state index in [1.165, 1.54) is 0 Å². The second-order valence-corrected chi connectivity index (χ2v) is 3.91. The van der Waals surface area contributed by atoms with Crippen molar-refractivity contribution in [3.05, 3.63) is 18.1 Å². The molecule has 5 heteroatoms. The topological polar surface area (TPSA) is 69.5 Å². The Morgan fingerprint density at radius 3 is 2.47 bits per heavy atom. The third-order valence-electron chi connectivity index (χ3n) is 2.85. The van der Waals surface area contributed by atoms with E-state index in [-0.39, 0.29) is 13.2 Å². The molecule has 0 saturated carbocycles. The fourth-order valence-corrected chi connectivity index (χ4v) is 1.93. The molecule has 1 aromatic heterocycles. The molecule has 96 valence electrons. The Labute approximate surface area is 102 Å². The quantitative estimate of drug-likeness (QED) is 0.741. The predicted octanol–water partition coefficient (Wildman–Crippen LogP) is 0.956. The van der Waals surface area contributed by atoms with E-state index in [0.29, 0.717) is 18.3 Å². The molecule has 0 aliphatic carbocycles. The van der Waals surface area contributed by atoms with Crippen LogP contribution in [0, 0.1) is 0 Å². The molecule has 0 saturated heterocycles. The summed E-state index contributed by atoms with van der Waals surface area (Å²) < 4.78 is 0. The lowest BCUT2D eigenvalue weighted by Crippen LogP contribution is -2.37. The van der Waals surface area contributed by atoms with E-state index in [9.17, 15) is 0 Å². The molecular weight excluding hydrogens is 218 g/mol. The van der Waals surface area contributed by atoms with Crippen molar-refractivity contribution >= 4 is 5.82 Å². The largest absolute Gasteiger partial charge is 0.395 e. The molecule has 0 bridgehead atoms. The molecule has 5 nitrogen and oxygen atoms in total. The van der Waals surface area contributed by atoms with Crippen LogP contribution < -0.4 is 4.90 Å². The van der Waals surface area contributed by atoms with E-state index in [0.717, 1.165) is 18.7 Å². The van der Waals surface area contributed by atoms with E-state index < -0.39 is 0 Å². The Hall–Kier alpha value is -1.20.